The lowest BCUT2D eigenvalue weighted by Gasteiger charge is -2.22. The van der Waals surface area contributed by atoms with Gasteiger partial charge in [-0.3, -0.25) is 4.79 Å². The van der Waals surface area contributed by atoms with Gasteiger partial charge < -0.3 is 4.90 Å². The van der Waals surface area contributed by atoms with Gasteiger partial charge in [0.2, 0.25) is 0 Å². The molecular formula is C18H18N4OS. The van der Waals surface area contributed by atoms with Crippen LogP contribution >= 0.6 is 11.3 Å². The second kappa shape index (κ2) is 7.31. The summed E-state index contributed by atoms with van der Waals surface area (Å²) in [5, 5.41) is 2.82. The molecule has 0 bridgehead atoms. The Balaban J connectivity index is 1.89. The van der Waals surface area contributed by atoms with Gasteiger partial charge in [0.05, 0.1) is 17.8 Å². The average molecular weight is 338 g/mol. The lowest BCUT2D eigenvalue weighted by atomic mass is 10.1. The van der Waals surface area contributed by atoms with Gasteiger partial charge in [-0.2, -0.15) is 0 Å². The second-order valence-electron chi connectivity index (χ2n) is 5.49. The van der Waals surface area contributed by atoms with E-state index in [9.17, 15) is 4.79 Å². The number of benzene rings is 1. The largest absolute Gasteiger partial charge is 0.327 e. The number of hydrogen-bond acceptors (Lipinski definition) is 5. The van der Waals surface area contributed by atoms with Crippen LogP contribution in [0.25, 0.3) is 0 Å². The smallest absolute Gasteiger partial charge is 0.257 e. The third-order valence-electron chi connectivity index (χ3n) is 3.64. The zero-order valence-electron chi connectivity index (χ0n) is 13.6. The van der Waals surface area contributed by atoms with Crippen molar-refractivity contribution in [2.75, 3.05) is 0 Å². The van der Waals surface area contributed by atoms with E-state index in [4.69, 9.17) is 0 Å². The minimum absolute atomic E-state index is 0.0773. The van der Waals surface area contributed by atoms with Crippen LogP contribution in [0.2, 0.25) is 0 Å². The van der Waals surface area contributed by atoms with E-state index in [0.717, 1.165) is 10.6 Å². The van der Waals surface area contributed by atoms with Crippen molar-refractivity contribution in [1.29, 1.82) is 0 Å². The number of nitrogens with zero attached hydrogens (tertiary/aromatic N) is 4. The van der Waals surface area contributed by atoms with Crippen LogP contribution in [0.4, 0.5) is 0 Å². The van der Waals surface area contributed by atoms with Crippen molar-refractivity contribution >= 4 is 17.2 Å². The molecule has 0 spiro atoms. The van der Waals surface area contributed by atoms with Gasteiger partial charge in [0.1, 0.15) is 10.8 Å². The summed E-state index contributed by atoms with van der Waals surface area (Å²) in [5.41, 5.74) is 2.31. The number of aryl methyl sites for hydroxylation is 2. The molecule has 3 aromatic rings. The van der Waals surface area contributed by atoms with Crippen molar-refractivity contribution in [1.82, 2.24) is 19.9 Å². The van der Waals surface area contributed by atoms with Crippen LogP contribution in [0.1, 0.15) is 32.4 Å². The van der Waals surface area contributed by atoms with Crippen molar-refractivity contribution in [3.63, 3.8) is 0 Å². The van der Waals surface area contributed by atoms with Gasteiger partial charge in [-0.05, 0) is 19.4 Å². The van der Waals surface area contributed by atoms with Crippen LogP contribution in [-0.2, 0) is 13.1 Å². The van der Waals surface area contributed by atoms with E-state index >= 15 is 0 Å². The number of rotatable bonds is 5. The first kappa shape index (κ1) is 16.3. The van der Waals surface area contributed by atoms with Crippen LogP contribution in [0.15, 0.2) is 48.1 Å². The summed E-state index contributed by atoms with van der Waals surface area (Å²) in [6, 6.07) is 9.94. The number of hydrogen-bond donors (Lipinski definition) is 0. The third-order valence-corrected chi connectivity index (χ3v) is 4.41. The van der Waals surface area contributed by atoms with Gasteiger partial charge in [-0.15, -0.1) is 11.3 Å². The minimum Gasteiger partial charge on any atom is -0.327 e. The van der Waals surface area contributed by atoms with Gasteiger partial charge >= 0.3 is 0 Å². The van der Waals surface area contributed by atoms with E-state index in [0.29, 0.717) is 30.2 Å². The van der Waals surface area contributed by atoms with Crippen molar-refractivity contribution in [3.05, 3.63) is 75.8 Å². The fourth-order valence-corrected chi connectivity index (χ4v) is 3.09. The molecule has 0 radical (unpaired) electrons. The Morgan fingerprint density at radius 2 is 1.92 bits per heavy atom. The number of aromatic nitrogens is 3. The predicted molar refractivity (Wildman–Crippen MR) is 93.6 cm³/mol. The average Bonchev–Trinajstić information content (AvgIpc) is 3.08. The van der Waals surface area contributed by atoms with E-state index in [-0.39, 0.29) is 5.91 Å². The number of carbonyl (C=O) groups excluding carboxylic acids is 1. The summed E-state index contributed by atoms with van der Waals surface area (Å²) in [4.78, 5) is 27.6. The highest BCUT2D eigenvalue weighted by Gasteiger charge is 2.20. The molecule has 5 nitrogen and oxygen atoms in total. The van der Waals surface area contributed by atoms with Crippen LogP contribution in [0.5, 0.6) is 0 Å². The highest BCUT2D eigenvalue weighted by Crippen LogP contribution is 2.16. The monoisotopic (exact) mass is 338 g/mol. The fourth-order valence-electron chi connectivity index (χ4n) is 2.46. The van der Waals surface area contributed by atoms with Crippen molar-refractivity contribution < 1.29 is 4.79 Å². The Kier molecular flexibility index (Phi) is 4.96. The van der Waals surface area contributed by atoms with E-state index in [1.54, 1.807) is 28.6 Å². The normalized spacial score (nSPS) is 10.6. The molecule has 0 unspecified atom stereocenters. The molecule has 1 amide bonds. The maximum atomic E-state index is 13.0. The Bertz CT molecular complexity index is 818. The Hall–Kier alpha value is -2.60. The Morgan fingerprint density at radius 1 is 1.12 bits per heavy atom. The standard InChI is InChI=1S/C18H18N4OS/c1-13-16(10-20-14(2)21-13)18(23)22(12-17-19-8-9-24-17)11-15-6-4-3-5-7-15/h3-10H,11-12H2,1-2H3. The summed E-state index contributed by atoms with van der Waals surface area (Å²) in [6.07, 6.45) is 3.37. The van der Waals surface area contributed by atoms with Crippen LogP contribution in [0, 0.1) is 13.8 Å². The molecule has 0 N–H and O–H groups in total. The molecule has 2 aromatic heterocycles. The number of thiazole rings is 1. The lowest BCUT2D eigenvalue weighted by Crippen LogP contribution is -2.31. The second-order valence-corrected chi connectivity index (χ2v) is 6.47. The molecule has 24 heavy (non-hydrogen) atoms. The molecule has 122 valence electrons. The highest BCUT2D eigenvalue weighted by atomic mass is 32.1. The first-order valence-corrected chi connectivity index (χ1v) is 8.53. The van der Waals surface area contributed by atoms with E-state index in [1.807, 2.05) is 49.6 Å². The van der Waals surface area contributed by atoms with Crippen LogP contribution < -0.4 is 0 Å². The molecule has 0 atom stereocenters. The topological polar surface area (TPSA) is 59.0 Å². The van der Waals surface area contributed by atoms with Gasteiger partial charge in [-0.1, -0.05) is 30.3 Å². The first-order chi connectivity index (χ1) is 11.6. The quantitative estimate of drug-likeness (QED) is 0.715. The minimum atomic E-state index is -0.0773. The summed E-state index contributed by atoms with van der Waals surface area (Å²) >= 11 is 1.54. The molecule has 0 fully saturated rings. The van der Waals surface area contributed by atoms with Crippen molar-refractivity contribution in [3.8, 4) is 0 Å². The van der Waals surface area contributed by atoms with Gasteiger partial charge in [-0.25, -0.2) is 15.0 Å². The molecule has 0 aliphatic carbocycles. The summed E-state index contributed by atoms with van der Waals surface area (Å²) in [6.45, 7) is 4.65. The summed E-state index contributed by atoms with van der Waals surface area (Å²) in [5.74, 6) is 0.588. The van der Waals surface area contributed by atoms with E-state index < -0.39 is 0 Å². The maximum absolute atomic E-state index is 13.0. The van der Waals surface area contributed by atoms with Gasteiger partial charge in [0.25, 0.3) is 5.91 Å². The zero-order valence-corrected chi connectivity index (χ0v) is 14.5. The molecule has 6 heteroatoms. The lowest BCUT2D eigenvalue weighted by molar-refractivity contribution is 0.0728. The van der Waals surface area contributed by atoms with Crippen molar-refractivity contribution in [2.45, 2.75) is 26.9 Å². The van der Waals surface area contributed by atoms with Gasteiger partial charge in [0, 0.05) is 24.3 Å². The first-order valence-electron chi connectivity index (χ1n) is 7.65. The number of amides is 1. The molecule has 3 rings (SSSR count). The SMILES string of the molecule is Cc1ncc(C(=O)N(Cc2ccccc2)Cc2nccs2)c(C)n1. The molecule has 0 saturated heterocycles. The van der Waals surface area contributed by atoms with Crippen LogP contribution in [0.3, 0.4) is 0 Å². The molecule has 0 aliphatic heterocycles. The van der Waals surface area contributed by atoms with Crippen LogP contribution in [-0.4, -0.2) is 25.8 Å². The fraction of sp³-hybridized carbons (Fsp3) is 0.222. The Morgan fingerprint density at radius 3 is 2.58 bits per heavy atom. The summed E-state index contributed by atoms with van der Waals surface area (Å²) in [7, 11) is 0. The predicted octanol–water partition coefficient (Wildman–Crippen LogP) is 3.39. The molecule has 2 heterocycles. The molecular weight excluding hydrogens is 320 g/mol. The van der Waals surface area contributed by atoms with E-state index in [1.165, 1.54) is 0 Å². The molecule has 0 saturated carbocycles. The van der Waals surface area contributed by atoms with E-state index in [2.05, 4.69) is 15.0 Å². The maximum Gasteiger partial charge on any atom is 0.257 e. The number of carbonyl (C=O) groups is 1. The van der Waals surface area contributed by atoms with Gasteiger partial charge in [0.15, 0.2) is 0 Å². The Labute approximate surface area is 145 Å². The molecule has 0 aliphatic rings. The third kappa shape index (κ3) is 3.83. The zero-order chi connectivity index (χ0) is 16.9. The van der Waals surface area contributed by atoms with Crippen molar-refractivity contribution in [2.24, 2.45) is 0 Å². The summed E-state index contributed by atoms with van der Waals surface area (Å²) < 4.78 is 0. The highest BCUT2D eigenvalue weighted by molar-refractivity contribution is 7.09. The molecule has 1 aromatic carbocycles.